The lowest BCUT2D eigenvalue weighted by Gasteiger charge is -2.16. The molecule has 1 aliphatic carbocycles. The first-order chi connectivity index (χ1) is 8.66. The molecule has 2 rings (SSSR count). The molecule has 2 N–H and O–H groups in total. The minimum absolute atomic E-state index is 0.0960. The molecule has 1 atom stereocenters. The van der Waals surface area contributed by atoms with Crippen molar-refractivity contribution in [2.75, 3.05) is 6.61 Å². The molecule has 0 saturated heterocycles. The van der Waals surface area contributed by atoms with Gasteiger partial charge in [-0.15, -0.1) is 0 Å². The topological polar surface area (TPSA) is 35.2 Å². The van der Waals surface area contributed by atoms with Crippen LogP contribution in [-0.2, 0) is 6.42 Å². The second-order valence-corrected chi connectivity index (χ2v) is 5.77. The van der Waals surface area contributed by atoms with Crippen LogP contribution in [0.3, 0.4) is 0 Å². The van der Waals surface area contributed by atoms with Gasteiger partial charge in [0.15, 0.2) is 0 Å². The van der Waals surface area contributed by atoms with E-state index in [0.29, 0.717) is 5.92 Å². The number of benzene rings is 1. The maximum Gasteiger partial charge on any atom is 0.124 e. The van der Waals surface area contributed by atoms with Crippen LogP contribution in [-0.4, -0.2) is 12.6 Å². The molecule has 100 valence electrons. The van der Waals surface area contributed by atoms with E-state index in [1.807, 2.05) is 25.1 Å². The van der Waals surface area contributed by atoms with Crippen LogP contribution in [0.2, 0.25) is 5.02 Å². The summed E-state index contributed by atoms with van der Waals surface area (Å²) in [4.78, 5) is 0. The van der Waals surface area contributed by atoms with E-state index in [9.17, 15) is 0 Å². The van der Waals surface area contributed by atoms with Gasteiger partial charge in [-0.25, -0.2) is 0 Å². The van der Waals surface area contributed by atoms with Gasteiger partial charge in [-0.2, -0.15) is 0 Å². The number of nitrogens with two attached hydrogens (primary N) is 1. The molecule has 0 aliphatic heterocycles. The molecular weight excluding hydrogens is 246 g/mol. The molecule has 0 aromatic heterocycles. The molecule has 1 aromatic carbocycles. The van der Waals surface area contributed by atoms with E-state index in [4.69, 9.17) is 22.1 Å². The lowest BCUT2D eigenvalue weighted by Crippen LogP contribution is -2.19. The van der Waals surface area contributed by atoms with Crippen LogP contribution < -0.4 is 10.5 Å². The highest BCUT2D eigenvalue weighted by Gasteiger charge is 2.17. The Morgan fingerprint density at radius 1 is 1.39 bits per heavy atom. The van der Waals surface area contributed by atoms with E-state index >= 15 is 0 Å². The van der Waals surface area contributed by atoms with E-state index in [2.05, 4.69) is 0 Å². The minimum atomic E-state index is 0.0960. The van der Waals surface area contributed by atoms with Crippen LogP contribution in [0.4, 0.5) is 0 Å². The molecule has 0 amide bonds. The summed E-state index contributed by atoms with van der Waals surface area (Å²) < 4.78 is 5.96. The second-order valence-electron chi connectivity index (χ2n) is 5.36. The average molecular weight is 268 g/mol. The van der Waals surface area contributed by atoms with Crippen molar-refractivity contribution in [1.29, 1.82) is 0 Å². The van der Waals surface area contributed by atoms with Gasteiger partial charge in [0.2, 0.25) is 0 Å². The smallest absolute Gasteiger partial charge is 0.124 e. The van der Waals surface area contributed by atoms with Crippen molar-refractivity contribution < 1.29 is 4.74 Å². The fraction of sp³-hybridized carbons (Fsp3) is 0.600. The minimum Gasteiger partial charge on any atom is -0.493 e. The predicted octanol–water partition coefficient (Wildman–Crippen LogP) is 3.80. The molecular formula is C15H22ClNO. The van der Waals surface area contributed by atoms with Gasteiger partial charge in [0.25, 0.3) is 0 Å². The molecule has 2 nitrogen and oxygen atoms in total. The van der Waals surface area contributed by atoms with E-state index in [-0.39, 0.29) is 6.04 Å². The Labute approximate surface area is 114 Å². The fourth-order valence-corrected chi connectivity index (χ4v) is 2.82. The Balaban J connectivity index is 2.03. The summed E-state index contributed by atoms with van der Waals surface area (Å²) in [5.74, 6) is 1.62. The van der Waals surface area contributed by atoms with Crippen LogP contribution in [0.5, 0.6) is 5.75 Å². The summed E-state index contributed by atoms with van der Waals surface area (Å²) >= 11 is 6.23. The monoisotopic (exact) mass is 267 g/mol. The first-order valence-corrected chi connectivity index (χ1v) is 7.20. The van der Waals surface area contributed by atoms with Gasteiger partial charge in [0.05, 0.1) is 6.61 Å². The summed E-state index contributed by atoms with van der Waals surface area (Å²) in [6.45, 7) is 2.80. The maximum atomic E-state index is 6.23. The molecule has 1 aliphatic rings. The van der Waals surface area contributed by atoms with Gasteiger partial charge in [0, 0.05) is 16.6 Å². The predicted molar refractivity (Wildman–Crippen MR) is 76.3 cm³/mol. The highest BCUT2D eigenvalue weighted by molar-refractivity contribution is 6.31. The first-order valence-electron chi connectivity index (χ1n) is 6.82. The van der Waals surface area contributed by atoms with Gasteiger partial charge in [-0.3, -0.25) is 0 Å². The highest BCUT2D eigenvalue weighted by Crippen LogP contribution is 2.30. The first kappa shape index (κ1) is 13.7. The van der Waals surface area contributed by atoms with Crippen molar-refractivity contribution in [3.8, 4) is 5.75 Å². The molecule has 0 bridgehead atoms. The standard InChI is InChI=1S/C15H22ClNO/c1-11(17)9-13-14(16)7-4-8-15(13)18-10-12-5-2-3-6-12/h4,7-8,11-12H,2-3,5-6,9-10,17H2,1H3. The Hall–Kier alpha value is -0.730. The molecule has 0 radical (unpaired) electrons. The van der Waals surface area contributed by atoms with Crippen molar-refractivity contribution in [3.05, 3.63) is 28.8 Å². The zero-order valence-electron chi connectivity index (χ0n) is 11.0. The molecule has 18 heavy (non-hydrogen) atoms. The van der Waals surface area contributed by atoms with Crippen molar-refractivity contribution in [3.63, 3.8) is 0 Å². The summed E-state index contributed by atoms with van der Waals surface area (Å²) in [5.41, 5.74) is 6.91. The van der Waals surface area contributed by atoms with Crippen molar-refractivity contribution in [1.82, 2.24) is 0 Å². The average Bonchev–Trinajstić information content (AvgIpc) is 2.82. The van der Waals surface area contributed by atoms with Gasteiger partial charge in [-0.1, -0.05) is 30.5 Å². The van der Waals surface area contributed by atoms with Gasteiger partial charge >= 0.3 is 0 Å². The number of ether oxygens (including phenoxy) is 1. The fourth-order valence-electron chi connectivity index (χ4n) is 2.58. The summed E-state index contributed by atoms with van der Waals surface area (Å²) in [5, 5.41) is 0.760. The normalized spacial score (nSPS) is 17.9. The van der Waals surface area contributed by atoms with Crippen LogP contribution in [0.15, 0.2) is 18.2 Å². The van der Waals surface area contributed by atoms with Crippen molar-refractivity contribution in [2.24, 2.45) is 11.7 Å². The zero-order valence-corrected chi connectivity index (χ0v) is 11.7. The molecule has 0 heterocycles. The van der Waals surface area contributed by atoms with Gasteiger partial charge in [-0.05, 0) is 44.2 Å². The highest BCUT2D eigenvalue weighted by atomic mass is 35.5. The van der Waals surface area contributed by atoms with Crippen LogP contribution in [0.25, 0.3) is 0 Å². The summed E-state index contributed by atoms with van der Waals surface area (Å²) in [6, 6.07) is 5.94. The van der Waals surface area contributed by atoms with Crippen LogP contribution >= 0.6 is 11.6 Å². The third-order valence-corrected chi connectivity index (χ3v) is 3.91. The van der Waals surface area contributed by atoms with E-state index in [1.165, 1.54) is 25.7 Å². The number of rotatable bonds is 5. The SMILES string of the molecule is CC(N)Cc1c(Cl)cccc1OCC1CCCC1. The maximum absolute atomic E-state index is 6.23. The second kappa shape index (κ2) is 6.44. The van der Waals surface area contributed by atoms with Crippen molar-refractivity contribution in [2.45, 2.75) is 45.1 Å². The van der Waals surface area contributed by atoms with Crippen LogP contribution in [0.1, 0.15) is 38.2 Å². The third-order valence-electron chi connectivity index (χ3n) is 3.55. The zero-order chi connectivity index (χ0) is 13.0. The number of hydrogen-bond acceptors (Lipinski definition) is 2. The Bertz CT molecular complexity index is 386. The molecule has 1 unspecified atom stereocenters. The largest absolute Gasteiger partial charge is 0.493 e. The molecule has 1 fully saturated rings. The van der Waals surface area contributed by atoms with Crippen molar-refractivity contribution >= 4 is 11.6 Å². The molecule has 1 aromatic rings. The summed E-state index contributed by atoms with van der Waals surface area (Å²) in [7, 11) is 0. The number of hydrogen-bond donors (Lipinski definition) is 1. The lowest BCUT2D eigenvalue weighted by molar-refractivity contribution is 0.249. The van der Waals surface area contributed by atoms with Gasteiger partial charge < -0.3 is 10.5 Å². The molecule has 0 spiro atoms. The Morgan fingerprint density at radius 2 is 2.11 bits per heavy atom. The van der Waals surface area contributed by atoms with E-state index in [1.54, 1.807) is 0 Å². The quantitative estimate of drug-likeness (QED) is 0.881. The Morgan fingerprint density at radius 3 is 2.78 bits per heavy atom. The van der Waals surface area contributed by atoms with Crippen LogP contribution in [0, 0.1) is 5.92 Å². The number of halogens is 1. The Kier molecular flexibility index (Phi) is 4.90. The van der Waals surface area contributed by atoms with Gasteiger partial charge in [0.1, 0.15) is 5.75 Å². The summed E-state index contributed by atoms with van der Waals surface area (Å²) in [6.07, 6.45) is 6.04. The lowest BCUT2D eigenvalue weighted by atomic mass is 10.1. The van der Waals surface area contributed by atoms with E-state index in [0.717, 1.165) is 29.4 Å². The van der Waals surface area contributed by atoms with E-state index < -0.39 is 0 Å². The third kappa shape index (κ3) is 3.63. The molecule has 3 heteroatoms. The molecule has 1 saturated carbocycles.